The monoisotopic (exact) mass is 238 g/mol. The van der Waals surface area contributed by atoms with Gasteiger partial charge >= 0.3 is 0 Å². The zero-order valence-electron chi connectivity index (χ0n) is 10.3. The summed E-state index contributed by atoms with van der Waals surface area (Å²) in [5.41, 5.74) is 1.57. The molecule has 2 nitrogen and oxygen atoms in total. The number of thiophene rings is 1. The molecule has 16 heavy (non-hydrogen) atoms. The van der Waals surface area contributed by atoms with Crippen molar-refractivity contribution in [3.8, 4) is 0 Å². The Balaban J connectivity index is 1.83. The number of rotatable bonds is 5. The minimum Gasteiger partial charge on any atom is -0.309 e. The Labute approximate surface area is 103 Å². The van der Waals surface area contributed by atoms with Gasteiger partial charge in [0, 0.05) is 24.0 Å². The maximum Gasteiger partial charge on any atom is 0.0331 e. The first-order valence-corrected chi connectivity index (χ1v) is 7.17. The van der Waals surface area contributed by atoms with E-state index in [-0.39, 0.29) is 0 Å². The molecular formula is C13H22N2S. The molecule has 1 N–H and O–H groups in total. The summed E-state index contributed by atoms with van der Waals surface area (Å²) in [6.45, 7) is 5.59. The Hall–Kier alpha value is -0.380. The highest BCUT2D eigenvalue weighted by Crippen LogP contribution is 2.32. The van der Waals surface area contributed by atoms with Gasteiger partial charge in [0.1, 0.15) is 0 Å². The second-order valence-corrected chi connectivity index (χ2v) is 5.59. The molecule has 1 aromatic heterocycles. The molecule has 1 aromatic rings. The highest BCUT2D eigenvalue weighted by Gasteiger charge is 2.20. The van der Waals surface area contributed by atoms with E-state index in [9.17, 15) is 0 Å². The van der Waals surface area contributed by atoms with E-state index in [1.807, 2.05) is 11.3 Å². The molecule has 0 saturated heterocycles. The Bertz CT molecular complexity index is 321. The zero-order valence-corrected chi connectivity index (χ0v) is 11.1. The summed E-state index contributed by atoms with van der Waals surface area (Å²) in [4.78, 5) is 3.96. The number of nitrogens with one attached hydrogen (secondary N) is 1. The fourth-order valence-corrected chi connectivity index (χ4v) is 3.27. The molecule has 1 heterocycles. The van der Waals surface area contributed by atoms with Crippen molar-refractivity contribution < 1.29 is 0 Å². The Morgan fingerprint density at radius 3 is 3.25 bits per heavy atom. The van der Waals surface area contributed by atoms with Gasteiger partial charge in [-0.2, -0.15) is 0 Å². The van der Waals surface area contributed by atoms with Crippen molar-refractivity contribution in [2.45, 2.75) is 32.2 Å². The molecule has 0 aromatic carbocycles. The Kier molecular flexibility index (Phi) is 4.38. The van der Waals surface area contributed by atoms with E-state index in [4.69, 9.17) is 0 Å². The molecule has 2 rings (SSSR count). The highest BCUT2D eigenvalue weighted by atomic mass is 32.1. The van der Waals surface area contributed by atoms with Crippen LogP contribution in [0.4, 0.5) is 0 Å². The molecule has 0 radical (unpaired) electrons. The fraction of sp³-hybridized carbons (Fsp3) is 0.692. The standard InChI is InChI=1S/C13H22N2S/c1-3-15(2)9-8-14-12-5-4-6-13-11(12)7-10-16-13/h7,10,12,14H,3-6,8-9H2,1-2H3. The molecule has 0 bridgehead atoms. The van der Waals surface area contributed by atoms with Crippen LogP contribution < -0.4 is 5.32 Å². The van der Waals surface area contributed by atoms with Gasteiger partial charge < -0.3 is 10.2 Å². The first kappa shape index (κ1) is 12.1. The lowest BCUT2D eigenvalue weighted by molar-refractivity contribution is 0.334. The van der Waals surface area contributed by atoms with Crippen LogP contribution in [0.1, 0.15) is 36.2 Å². The number of likely N-dealkylation sites (N-methyl/N-ethyl adjacent to an activating group) is 1. The van der Waals surface area contributed by atoms with Gasteiger partial charge in [0.05, 0.1) is 0 Å². The number of hydrogen-bond donors (Lipinski definition) is 1. The average Bonchev–Trinajstić information content (AvgIpc) is 2.77. The van der Waals surface area contributed by atoms with Crippen LogP contribution in [-0.4, -0.2) is 31.6 Å². The van der Waals surface area contributed by atoms with Crippen LogP contribution in [-0.2, 0) is 6.42 Å². The van der Waals surface area contributed by atoms with Crippen molar-refractivity contribution in [2.75, 3.05) is 26.7 Å². The molecule has 0 spiro atoms. The normalized spacial score (nSPS) is 20.1. The van der Waals surface area contributed by atoms with Crippen LogP contribution in [0.3, 0.4) is 0 Å². The minimum absolute atomic E-state index is 0.611. The first-order chi connectivity index (χ1) is 7.81. The smallest absolute Gasteiger partial charge is 0.0331 e. The van der Waals surface area contributed by atoms with E-state index in [1.54, 1.807) is 10.4 Å². The molecular weight excluding hydrogens is 216 g/mol. The summed E-state index contributed by atoms with van der Waals surface area (Å²) < 4.78 is 0. The van der Waals surface area contributed by atoms with Crippen molar-refractivity contribution in [1.29, 1.82) is 0 Å². The van der Waals surface area contributed by atoms with Crippen molar-refractivity contribution in [2.24, 2.45) is 0 Å². The Morgan fingerprint density at radius 2 is 2.44 bits per heavy atom. The number of hydrogen-bond acceptors (Lipinski definition) is 3. The highest BCUT2D eigenvalue weighted by molar-refractivity contribution is 7.10. The maximum atomic E-state index is 3.69. The molecule has 1 aliphatic carbocycles. The van der Waals surface area contributed by atoms with Crippen LogP contribution in [0, 0.1) is 0 Å². The third-order valence-corrected chi connectivity index (χ3v) is 4.47. The second-order valence-electron chi connectivity index (χ2n) is 4.59. The summed E-state index contributed by atoms with van der Waals surface area (Å²) in [7, 11) is 2.18. The zero-order chi connectivity index (χ0) is 11.4. The van der Waals surface area contributed by atoms with Gasteiger partial charge in [-0.15, -0.1) is 11.3 Å². The van der Waals surface area contributed by atoms with Gasteiger partial charge in [0.25, 0.3) is 0 Å². The van der Waals surface area contributed by atoms with Crippen molar-refractivity contribution in [3.05, 3.63) is 21.9 Å². The van der Waals surface area contributed by atoms with E-state index in [1.165, 1.54) is 19.3 Å². The van der Waals surface area contributed by atoms with Crippen LogP contribution >= 0.6 is 11.3 Å². The van der Waals surface area contributed by atoms with Gasteiger partial charge in [0.15, 0.2) is 0 Å². The summed E-state index contributed by atoms with van der Waals surface area (Å²) in [6.07, 6.45) is 3.94. The van der Waals surface area contributed by atoms with Gasteiger partial charge in [-0.1, -0.05) is 6.92 Å². The van der Waals surface area contributed by atoms with E-state index in [2.05, 4.69) is 35.6 Å². The lowest BCUT2D eigenvalue weighted by Gasteiger charge is -2.25. The molecule has 1 atom stereocenters. The van der Waals surface area contributed by atoms with E-state index in [0.717, 1.165) is 19.6 Å². The Morgan fingerprint density at radius 1 is 1.56 bits per heavy atom. The van der Waals surface area contributed by atoms with Crippen LogP contribution in [0.5, 0.6) is 0 Å². The van der Waals surface area contributed by atoms with Crippen molar-refractivity contribution in [1.82, 2.24) is 10.2 Å². The predicted octanol–water partition coefficient (Wildman–Crippen LogP) is 2.67. The quantitative estimate of drug-likeness (QED) is 0.848. The third-order valence-electron chi connectivity index (χ3n) is 3.48. The average molecular weight is 238 g/mol. The summed E-state index contributed by atoms with van der Waals surface area (Å²) in [6, 6.07) is 2.92. The van der Waals surface area contributed by atoms with Crippen molar-refractivity contribution >= 4 is 11.3 Å². The molecule has 90 valence electrons. The largest absolute Gasteiger partial charge is 0.309 e. The topological polar surface area (TPSA) is 15.3 Å². The molecule has 0 aliphatic heterocycles. The number of aryl methyl sites for hydroxylation is 1. The van der Waals surface area contributed by atoms with Gasteiger partial charge in [0.2, 0.25) is 0 Å². The lowest BCUT2D eigenvalue weighted by atomic mass is 9.94. The summed E-state index contributed by atoms with van der Waals surface area (Å²) in [5.74, 6) is 0. The second kappa shape index (κ2) is 5.80. The SMILES string of the molecule is CCN(C)CCNC1CCCc2sccc21. The number of fused-ring (bicyclic) bond motifs is 1. The van der Waals surface area contributed by atoms with Crippen LogP contribution in [0.2, 0.25) is 0 Å². The van der Waals surface area contributed by atoms with Crippen molar-refractivity contribution in [3.63, 3.8) is 0 Å². The predicted molar refractivity (Wildman–Crippen MR) is 71.2 cm³/mol. The van der Waals surface area contributed by atoms with Crippen LogP contribution in [0.25, 0.3) is 0 Å². The molecule has 1 aliphatic rings. The van der Waals surface area contributed by atoms with Crippen LogP contribution in [0.15, 0.2) is 11.4 Å². The molecule has 0 fully saturated rings. The number of nitrogens with zero attached hydrogens (tertiary/aromatic N) is 1. The maximum absolute atomic E-state index is 3.69. The molecule has 0 amide bonds. The first-order valence-electron chi connectivity index (χ1n) is 6.29. The summed E-state index contributed by atoms with van der Waals surface area (Å²) in [5, 5.41) is 5.93. The van der Waals surface area contributed by atoms with Gasteiger partial charge in [-0.25, -0.2) is 0 Å². The third kappa shape index (κ3) is 2.84. The lowest BCUT2D eigenvalue weighted by Crippen LogP contribution is -2.32. The molecule has 3 heteroatoms. The van der Waals surface area contributed by atoms with Gasteiger partial charge in [-0.3, -0.25) is 0 Å². The minimum atomic E-state index is 0.611. The fourth-order valence-electron chi connectivity index (χ4n) is 2.29. The molecule has 1 unspecified atom stereocenters. The summed E-state index contributed by atoms with van der Waals surface area (Å²) >= 11 is 1.92. The van der Waals surface area contributed by atoms with E-state index in [0.29, 0.717) is 6.04 Å². The van der Waals surface area contributed by atoms with Gasteiger partial charge in [-0.05, 0) is 49.9 Å². The van der Waals surface area contributed by atoms with E-state index >= 15 is 0 Å². The van der Waals surface area contributed by atoms with E-state index < -0.39 is 0 Å². The molecule has 0 saturated carbocycles.